The van der Waals surface area contributed by atoms with Gasteiger partial charge in [-0.2, -0.15) is 0 Å². The van der Waals surface area contributed by atoms with Gasteiger partial charge < -0.3 is 5.32 Å². The van der Waals surface area contributed by atoms with Crippen LogP contribution < -0.4 is 10.6 Å². The molecule has 0 fully saturated rings. The third-order valence-electron chi connectivity index (χ3n) is 3.69. The average Bonchev–Trinajstić information content (AvgIpc) is 2.65. The van der Waals surface area contributed by atoms with E-state index in [4.69, 9.17) is 0 Å². The molecule has 3 amide bonds. The van der Waals surface area contributed by atoms with Crippen LogP contribution in [-0.2, 0) is 4.79 Å². The summed E-state index contributed by atoms with van der Waals surface area (Å²) < 4.78 is 0. The molecule has 2 aromatic carbocycles. The summed E-state index contributed by atoms with van der Waals surface area (Å²) in [4.78, 5) is 35.4. The van der Waals surface area contributed by atoms with Crippen LogP contribution in [0, 0.1) is 0 Å². The molecule has 0 aliphatic carbocycles. The number of hydrogen-bond acceptors (Lipinski definition) is 3. The summed E-state index contributed by atoms with van der Waals surface area (Å²) in [6, 6.07) is 17.7. The summed E-state index contributed by atoms with van der Waals surface area (Å²) >= 11 is 0. The van der Waals surface area contributed by atoms with Crippen LogP contribution in [0.4, 0.5) is 0 Å². The van der Waals surface area contributed by atoms with Crippen molar-refractivity contribution < 1.29 is 14.4 Å². The molecule has 0 aliphatic rings. The van der Waals surface area contributed by atoms with Crippen LogP contribution in [0.5, 0.6) is 0 Å². The average molecular weight is 338 g/mol. The highest BCUT2D eigenvalue weighted by Crippen LogP contribution is 2.02. The second-order valence-corrected chi connectivity index (χ2v) is 5.68. The molecule has 2 N–H and O–H groups in total. The van der Waals surface area contributed by atoms with Crippen molar-refractivity contribution in [3.05, 3.63) is 71.8 Å². The number of nitrogens with one attached hydrogen (secondary N) is 2. The van der Waals surface area contributed by atoms with E-state index in [1.807, 2.05) is 24.3 Å². The highest BCUT2D eigenvalue weighted by Gasteiger charge is 2.09. The fourth-order valence-corrected chi connectivity index (χ4v) is 2.33. The van der Waals surface area contributed by atoms with Gasteiger partial charge in [-0.3, -0.25) is 19.7 Å². The fourth-order valence-electron chi connectivity index (χ4n) is 2.33. The number of carbonyl (C=O) groups excluding carboxylic acids is 3. The van der Waals surface area contributed by atoms with Crippen LogP contribution in [0.15, 0.2) is 60.7 Å². The highest BCUT2D eigenvalue weighted by atomic mass is 16.2. The number of carbonyl (C=O) groups is 3. The minimum absolute atomic E-state index is 0.0909. The summed E-state index contributed by atoms with van der Waals surface area (Å²) in [7, 11) is 0. The van der Waals surface area contributed by atoms with Crippen molar-refractivity contribution in [1.82, 2.24) is 10.6 Å². The van der Waals surface area contributed by atoms with Crippen LogP contribution in [0.25, 0.3) is 0 Å². The first-order valence-electron chi connectivity index (χ1n) is 8.39. The molecule has 0 bridgehead atoms. The molecular weight excluding hydrogens is 316 g/mol. The zero-order valence-corrected chi connectivity index (χ0v) is 14.0. The largest absolute Gasteiger partial charge is 0.352 e. The van der Waals surface area contributed by atoms with Gasteiger partial charge in [0.2, 0.25) is 5.91 Å². The van der Waals surface area contributed by atoms with E-state index in [1.165, 1.54) is 0 Å². The van der Waals surface area contributed by atoms with Crippen molar-refractivity contribution in [3.63, 3.8) is 0 Å². The molecule has 0 aliphatic heterocycles. The lowest BCUT2D eigenvalue weighted by molar-refractivity contribution is -0.120. The maximum atomic E-state index is 11.8. The first kappa shape index (κ1) is 18.4. The van der Waals surface area contributed by atoms with Crippen LogP contribution in [0.3, 0.4) is 0 Å². The Morgan fingerprint density at radius 2 is 1.24 bits per heavy atom. The normalized spacial score (nSPS) is 10.1. The van der Waals surface area contributed by atoms with Crippen molar-refractivity contribution in [2.24, 2.45) is 0 Å². The Morgan fingerprint density at radius 3 is 1.84 bits per heavy atom. The van der Waals surface area contributed by atoms with E-state index in [-0.39, 0.29) is 17.7 Å². The predicted molar refractivity (Wildman–Crippen MR) is 96.2 cm³/mol. The summed E-state index contributed by atoms with van der Waals surface area (Å²) in [6.45, 7) is 0.568. The van der Waals surface area contributed by atoms with E-state index >= 15 is 0 Å². The van der Waals surface area contributed by atoms with E-state index < -0.39 is 0 Å². The summed E-state index contributed by atoms with van der Waals surface area (Å²) in [5.41, 5.74) is 1.11. The molecule has 0 saturated carbocycles. The van der Waals surface area contributed by atoms with E-state index in [2.05, 4.69) is 10.6 Å². The molecule has 0 unspecified atom stereocenters. The SMILES string of the molecule is O=C(CCCCCNC(=O)c1ccccc1)NC(=O)c1ccccc1. The van der Waals surface area contributed by atoms with Crippen LogP contribution in [0.1, 0.15) is 46.4 Å². The Bertz CT molecular complexity index is 699. The summed E-state index contributed by atoms with van der Waals surface area (Å²) in [5.74, 6) is -0.741. The molecule has 0 atom stereocenters. The van der Waals surface area contributed by atoms with Gasteiger partial charge in [0.05, 0.1) is 0 Å². The lowest BCUT2D eigenvalue weighted by Crippen LogP contribution is -2.30. The lowest BCUT2D eigenvalue weighted by Gasteiger charge is -2.06. The quantitative estimate of drug-likeness (QED) is 0.727. The van der Waals surface area contributed by atoms with Crippen LogP contribution in [0.2, 0.25) is 0 Å². The molecule has 5 nitrogen and oxygen atoms in total. The maximum Gasteiger partial charge on any atom is 0.257 e. The second-order valence-electron chi connectivity index (χ2n) is 5.68. The molecule has 5 heteroatoms. The third kappa shape index (κ3) is 6.59. The topological polar surface area (TPSA) is 75.3 Å². The Hall–Kier alpha value is -2.95. The van der Waals surface area contributed by atoms with Gasteiger partial charge in [-0.25, -0.2) is 0 Å². The third-order valence-corrected chi connectivity index (χ3v) is 3.69. The Morgan fingerprint density at radius 1 is 0.680 bits per heavy atom. The van der Waals surface area contributed by atoms with E-state index in [9.17, 15) is 14.4 Å². The van der Waals surface area contributed by atoms with Crippen molar-refractivity contribution in [2.45, 2.75) is 25.7 Å². The van der Waals surface area contributed by atoms with Gasteiger partial charge in [0.1, 0.15) is 0 Å². The number of imide groups is 1. The lowest BCUT2D eigenvalue weighted by atomic mass is 10.1. The molecule has 2 rings (SSSR count). The molecule has 130 valence electrons. The molecule has 0 spiro atoms. The van der Waals surface area contributed by atoms with Crippen molar-refractivity contribution in [3.8, 4) is 0 Å². The number of amides is 3. The van der Waals surface area contributed by atoms with Gasteiger partial charge in [0, 0.05) is 24.1 Å². The minimum atomic E-state index is -0.374. The molecule has 0 radical (unpaired) electrons. The van der Waals surface area contributed by atoms with Crippen molar-refractivity contribution in [1.29, 1.82) is 0 Å². The van der Waals surface area contributed by atoms with Gasteiger partial charge in [-0.05, 0) is 37.1 Å². The smallest absolute Gasteiger partial charge is 0.257 e. The zero-order chi connectivity index (χ0) is 17.9. The summed E-state index contributed by atoms with van der Waals surface area (Å²) in [5, 5.41) is 5.23. The van der Waals surface area contributed by atoms with Crippen molar-refractivity contribution >= 4 is 17.7 Å². The minimum Gasteiger partial charge on any atom is -0.352 e. The van der Waals surface area contributed by atoms with Gasteiger partial charge >= 0.3 is 0 Å². The molecule has 0 aromatic heterocycles. The standard InChI is InChI=1S/C20H22N2O3/c23-18(22-20(25)17-12-6-2-7-13-17)14-8-3-9-15-21-19(24)16-10-4-1-5-11-16/h1-2,4-7,10-13H,3,8-9,14-15H2,(H,21,24)(H,22,23,25). The van der Waals surface area contributed by atoms with E-state index in [0.717, 1.165) is 12.8 Å². The Kier molecular flexibility index (Phi) is 7.38. The first-order valence-corrected chi connectivity index (χ1v) is 8.39. The van der Waals surface area contributed by atoms with Crippen LogP contribution in [-0.4, -0.2) is 24.3 Å². The number of benzene rings is 2. The Balaban J connectivity index is 1.56. The molecular formula is C20H22N2O3. The van der Waals surface area contributed by atoms with Crippen LogP contribution >= 0.6 is 0 Å². The van der Waals surface area contributed by atoms with Gasteiger partial charge in [0.15, 0.2) is 0 Å². The monoisotopic (exact) mass is 338 g/mol. The Labute approximate surface area is 147 Å². The van der Waals surface area contributed by atoms with Gasteiger partial charge in [-0.1, -0.05) is 42.8 Å². The number of unbranched alkanes of at least 4 members (excludes halogenated alkanes) is 2. The molecule has 0 heterocycles. The molecule has 25 heavy (non-hydrogen) atoms. The number of rotatable bonds is 8. The number of hydrogen-bond donors (Lipinski definition) is 2. The van der Waals surface area contributed by atoms with Crippen molar-refractivity contribution in [2.75, 3.05) is 6.54 Å². The second kappa shape index (κ2) is 10.0. The van der Waals surface area contributed by atoms with Gasteiger partial charge in [-0.15, -0.1) is 0 Å². The van der Waals surface area contributed by atoms with E-state index in [1.54, 1.807) is 36.4 Å². The van der Waals surface area contributed by atoms with E-state index in [0.29, 0.717) is 30.5 Å². The summed E-state index contributed by atoms with van der Waals surface area (Å²) in [6.07, 6.45) is 2.57. The van der Waals surface area contributed by atoms with Gasteiger partial charge in [0.25, 0.3) is 11.8 Å². The zero-order valence-electron chi connectivity index (χ0n) is 14.0. The molecule has 2 aromatic rings. The maximum absolute atomic E-state index is 11.8. The highest BCUT2D eigenvalue weighted by molar-refractivity contribution is 6.04. The molecule has 0 saturated heterocycles. The fraction of sp³-hybridized carbons (Fsp3) is 0.250. The predicted octanol–water partition coefficient (Wildman–Crippen LogP) is 2.93. The first-order chi connectivity index (χ1) is 12.2.